The standard InChI is InChI=1S/C32H26ClFN2O4S/c1-38-26-13-11-21(12-14-26)19-36-31(37)29(41-32(36)35-25-9-4-3-5-10-25)18-23-16-27(33)30(28(17-23)39-2)40-20-22-7-6-8-24(34)15-22/h3-18H,19-20H2,1-2H3/b29-18-,35-32?. The summed E-state index contributed by atoms with van der Waals surface area (Å²) < 4.78 is 30.2. The van der Waals surface area contributed by atoms with Gasteiger partial charge >= 0.3 is 0 Å². The zero-order valence-corrected chi connectivity index (χ0v) is 23.9. The van der Waals surface area contributed by atoms with Crippen LogP contribution < -0.4 is 14.2 Å². The molecule has 4 aromatic rings. The molecule has 1 amide bonds. The molecule has 4 aromatic carbocycles. The number of amidine groups is 1. The van der Waals surface area contributed by atoms with Gasteiger partial charge in [0.2, 0.25) is 0 Å². The smallest absolute Gasteiger partial charge is 0.267 e. The fourth-order valence-electron chi connectivity index (χ4n) is 4.15. The fourth-order valence-corrected chi connectivity index (χ4v) is 5.43. The van der Waals surface area contributed by atoms with Gasteiger partial charge in [-0.1, -0.05) is 54.1 Å². The van der Waals surface area contributed by atoms with E-state index < -0.39 is 0 Å². The third-order valence-corrected chi connectivity index (χ3v) is 7.48. The molecular weight excluding hydrogens is 563 g/mol. The number of carbonyl (C=O) groups excluding carboxylic acids is 1. The minimum atomic E-state index is -0.346. The van der Waals surface area contributed by atoms with Crippen LogP contribution in [0.5, 0.6) is 17.2 Å². The number of nitrogens with zero attached hydrogens (tertiary/aromatic N) is 2. The van der Waals surface area contributed by atoms with Gasteiger partial charge in [-0.2, -0.15) is 0 Å². The molecule has 208 valence electrons. The van der Waals surface area contributed by atoms with E-state index in [1.807, 2.05) is 54.6 Å². The van der Waals surface area contributed by atoms with Crippen molar-refractivity contribution in [2.75, 3.05) is 14.2 Å². The molecule has 0 spiro atoms. The highest BCUT2D eigenvalue weighted by molar-refractivity contribution is 8.18. The molecular formula is C32H26ClFN2O4S. The fraction of sp³-hybridized carbons (Fsp3) is 0.125. The van der Waals surface area contributed by atoms with Gasteiger partial charge in [0.25, 0.3) is 5.91 Å². The zero-order valence-electron chi connectivity index (χ0n) is 22.3. The highest BCUT2D eigenvalue weighted by Crippen LogP contribution is 2.40. The third-order valence-electron chi connectivity index (χ3n) is 6.19. The van der Waals surface area contributed by atoms with Crippen LogP contribution >= 0.6 is 23.4 Å². The topological polar surface area (TPSA) is 60.4 Å². The maximum Gasteiger partial charge on any atom is 0.267 e. The largest absolute Gasteiger partial charge is 0.497 e. The molecule has 0 N–H and O–H groups in total. The van der Waals surface area contributed by atoms with E-state index in [0.717, 1.165) is 17.0 Å². The predicted molar refractivity (Wildman–Crippen MR) is 161 cm³/mol. The lowest BCUT2D eigenvalue weighted by Gasteiger charge is -2.16. The maximum atomic E-state index is 13.6. The van der Waals surface area contributed by atoms with Gasteiger partial charge in [-0.25, -0.2) is 9.38 Å². The van der Waals surface area contributed by atoms with Gasteiger partial charge in [-0.05, 0) is 83.1 Å². The molecule has 0 saturated carbocycles. The number of amides is 1. The first-order chi connectivity index (χ1) is 19.9. The summed E-state index contributed by atoms with van der Waals surface area (Å²) in [4.78, 5) is 20.5. The molecule has 41 heavy (non-hydrogen) atoms. The number of methoxy groups -OCH3 is 2. The number of ether oxygens (including phenoxy) is 3. The average Bonchev–Trinajstić information content (AvgIpc) is 3.26. The molecule has 1 aliphatic rings. The first kappa shape index (κ1) is 28.3. The van der Waals surface area contributed by atoms with E-state index in [4.69, 9.17) is 30.8 Å². The van der Waals surface area contributed by atoms with Crippen molar-refractivity contribution < 1.29 is 23.4 Å². The van der Waals surface area contributed by atoms with E-state index in [9.17, 15) is 9.18 Å². The highest BCUT2D eigenvalue weighted by atomic mass is 35.5. The van der Waals surface area contributed by atoms with Crippen LogP contribution in [0.3, 0.4) is 0 Å². The molecule has 0 bridgehead atoms. The minimum Gasteiger partial charge on any atom is -0.497 e. The molecule has 1 saturated heterocycles. The molecule has 0 aliphatic carbocycles. The van der Waals surface area contributed by atoms with Crippen molar-refractivity contribution >= 4 is 46.2 Å². The van der Waals surface area contributed by atoms with Gasteiger partial charge in [0.05, 0.1) is 36.4 Å². The van der Waals surface area contributed by atoms with Crippen LogP contribution in [0.4, 0.5) is 10.1 Å². The summed E-state index contributed by atoms with van der Waals surface area (Å²) in [7, 11) is 3.12. The Hall–Kier alpha value is -4.27. The number of aliphatic imine (C=N–C) groups is 1. The normalized spacial score (nSPS) is 15.0. The van der Waals surface area contributed by atoms with Crippen molar-refractivity contribution in [1.29, 1.82) is 0 Å². The predicted octanol–water partition coefficient (Wildman–Crippen LogP) is 7.88. The number of halogens is 2. The van der Waals surface area contributed by atoms with Gasteiger partial charge in [-0.15, -0.1) is 0 Å². The molecule has 1 aliphatic heterocycles. The van der Waals surface area contributed by atoms with E-state index in [1.54, 1.807) is 42.4 Å². The lowest BCUT2D eigenvalue weighted by atomic mass is 10.1. The second kappa shape index (κ2) is 12.9. The van der Waals surface area contributed by atoms with Gasteiger partial charge < -0.3 is 14.2 Å². The van der Waals surface area contributed by atoms with E-state index in [-0.39, 0.29) is 18.3 Å². The Bertz CT molecular complexity index is 1610. The molecule has 0 aromatic heterocycles. The summed E-state index contributed by atoms with van der Waals surface area (Å²) in [5.74, 6) is 0.940. The molecule has 0 unspecified atom stereocenters. The number of thioether (sulfide) groups is 1. The Morgan fingerprint density at radius 1 is 0.927 bits per heavy atom. The van der Waals surface area contributed by atoms with Crippen LogP contribution in [0.1, 0.15) is 16.7 Å². The van der Waals surface area contributed by atoms with Crippen molar-refractivity contribution in [2.24, 2.45) is 4.99 Å². The van der Waals surface area contributed by atoms with Gasteiger partial charge in [0.15, 0.2) is 16.7 Å². The molecule has 6 nitrogen and oxygen atoms in total. The summed E-state index contributed by atoms with van der Waals surface area (Å²) in [6, 6.07) is 26.6. The number of para-hydroxylation sites is 1. The SMILES string of the molecule is COc1ccc(CN2C(=O)/C(=C/c3cc(Cl)c(OCc4cccc(F)c4)c(OC)c3)SC2=Nc2ccccc2)cc1. The Balaban J connectivity index is 1.43. The summed E-state index contributed by atoms with van der Waals surface area (Å²) in [6.45, 7) is 0.456. The van der Waals surface area contributed by atoms with Crippen LogP contribution in [-0.4, -0.2) is 30.2 Å². The van der Waals surface area contributed by atoms with E-state index in [1.165, 1.54) is 31.0 Å². The van der Waals surface area contributed by atoms with Crippen molar-refractivity contribution in [1.82, 2.24) is 4.90 Å². The van der Waals surface area contributed by atoms with E-state index in [0.29, 0.717) is 44.3 Å². The lowest BCUT2D eigenvalue weighted by Crippen LogP contribution is -2.28. The van der Waals surface area contributed by atoms with Gasteiger partial charge in [-0.3, -0.25) is 9.69 Å². The summed E-state index contributed by atoms with van der Waals surface area (Å²) in [6.07, 6.45) is 1.76. The Kier molecular flexibility index (Phi) is 8.91. The molecule has 1 fully saturated rings. The third kappa shape index (κ3) is 6.90. The van der Waals surface area contributed by atoms with Crippen LogP contribution in [-0.2, 0) is 17.9 Å². The summed E-state index contributed by atoms with van der Waals surface area (Å²) >= 11 is 7.87. The minimum absolute atomic E-state index is 0.113. The maximum absolute atomic E-state index is 13.6. The molecule has 0 atom stereocenters. The van der Waals surface area contributed by atoms with E-state index >= 15 is 0 Å². The number of benzene rings is 4. The van der Waals surface area contributed by atoms with E-state index in [2.05, 4.69) is 0 Å². The molecule has 9 heteroatoms. The van der Waals surface area contributed by atoms with Crippen LogP contribution in [0.15, 0.2) is 101 Å². The number of hydrogen-bond donors (Lipinski definition) is 0. The summed E-state index contributed by atoms with van der Waals surface area (Å²) in [5, 5.41) is 0.868. The monoisotopic (exact) mass is 588 g/mol. The Morgan fingerprint density at radius 3 is 2.41 bits per heavy atom. The van der Waals surface area contributed by atoms with Gasteiger partial charge in [0, 0.05) is 0 Å². The van der Waals surface area contributed by atoms with Crippen molar-refractivity contribution in [3.63, 3.8) is 0 Å². The van der Waals surface area contributed by atoms with Gasteiger partial charge in [0.1, 0.15) is 18.2 Å². The van der Waals surface area contributed by atoms with Crippen LogP contribution in [0, 0.1) is 5.82 Å². The highest BCUT2D eigenvalue weighted by Gasteiger charge is 2.33. The average molecular weight is 589 g/mol. The number of rotatable bonds is 9. The second-order valence-electron chi connectivity index (χ2n) is 9.03. The first-order valence-electron chi connectivity index (χ1n) is 12.7. The van der Waals surface area contributed by atoms with Crippen molar-refractivity contribution in [3.05, 3.63) is 123 Å². The number of carbonyl (C=O) groups is 1. The summed E-state index contributed by atoms with van der Waals surface area (Å²) in [5.41, 5.74) is 3.00. The van der Waals surface area contributed by atoms with Crippen molar-refractivity contribution in [2.45, 2.75) is 13.2 Å². The quantitative estimate of drug-likeness (QED) is 0.186. The van der Waals surface area contributed by atoms with Crippen LogP contribution in [0.25, 0.3) is 6.08 Å². The molecule has 1 heterocycles. The zero-order chi connectivity index (χ0) is 28.8. The Morgan fingerprint density at radius 2 is 1.71 bits per heavy atom. The first-order valence-corrected chi connectivity index (χ1v) is 13.9. The van der Waals surface area contributed by atoms with Crippen LogP contribution in [0.2, 0.25) is 5.02 Å². The number of hydrogen-bond acceptors (Lipinski definition) is 6. The molecule has 5 rings (SSSR count). The van der Waals surface area contributed by atoms with Crippen molar-refractivity contribution in [3.8, 4) is 17.2 Å². The lowest BCUT2D eigenvalue weighted by molar-refractivity contribution is -0.122. The Labute approximate surface area is 247 Å². The molecule has 0 radical (unpaired) electrons. The second-order valence-corrected chi connectivity index (χ2v) is 10.4.